The molecule has 236 valence electrons. The molecule has 0 bridgehead atoms. The van der Waals surface area contributed by atoms with E-state index in [1.165, 1.54) is 23.8 Å². The summed E-state index contributed by atoms with van der Waals surface area (Å²) >= 11 is 2.31. The van der Waals surface area contributed by atoms with Gasteiger partial charge in [-0.2, -0.15) is 18.8 Å². The van der Waals surface area contributed by atoms with Gasteiger partial charge < -0.3 is 49.3 Å². The zero-order chi connectivity index (χ0) is 30.7. The molecule has 0 radical (unpaired) electrons. The number of aromatic nitrogens is 2. The summed E-state index contributed by atoms with van der Waals surface area (Å²) in [5.74, 6) is -0.765. The molecular formula is C27H32IN7O7S2. The van der Waals surface area contributed by atoms with Gasteiger partial charge in [0, 0.05) is 23.7 Å². The molecule has 0 spiro atoms. The van der Waals surface area contributed by atoms with E-state index in [1.54, 1.807) is 31.4 Å². The molecule has 1 aromatic heterocycles. The lowest BCUT2D eigenvalue weighted by Gasteiger charge is -2.49. The smallest absolute Gasteiger partial charge is 0.355 e. The minimum Gasteiger partial charge on any atom is -1.00 e. The summed E-state index contributed by atoms with van der Waals surface area (Å²) in [4.78, 5) is 56.3. The van der Waals surface area contributed by atoms with Gasteiger partial charge in [-0.3, -0.25) is 14.5 Å². The molecule has 3 aliphatic rings. The van der Waals surface area contributed by atoms with Crippen LogP contribution in [0.4, 0.5) is 5.13 Å². The van der Waals surface area contributed by atoms with Crippen molar-refractivity contribution in [3.63, 3.8) is 0 Å². The van der Waals surface area contributed by atoms with Crippen LogP contribution in [-0.4, -0.2) is 101 Å². The van der Waals surface area contributed by atoms with Crippen molar-refractivity contribution in [3.05, 3.63) is 59.1 Å². The largest absolute Gasteiger partial charge is 1.00 e. The van der Waals surface area contributed by atoms with Crippen LogP contribution in [0.1, 0.15) is 17.8 Å². The van der Waals surface area contributed by atoms with Crippen molar-refractivity contribution in [2.24, 2.45) is 5.16 Å². The Labute approximate surface area is 279 Å². The Hall–Kier alpha value is -3.26. The van der Waals surface area contributed by atoms with E-state index >= 15 is 0 Å². The first kappa shape index (κ1) is 33.6. The SMILES string of the molecule is CO/N=C(\C(=O)N[C@@H]1C(=O)N2C(C(=O)OCc3ccc(OC)cc3)=C(/C=C/C3CC[N+](C)(C)O3)CS[C@H]12)c1nsc(N)n1.[I-]. The number of nitrogens with two attached hydrogens (primary N) is 1. The molecule has 14 nitrogen and oxygen atoms in total. The number of halogens is 1. The van der Waals surface area contributed by atoms with Gasteiger partial charge in [-0.05, 0) is 29.3 Å². The lowest BCUT2D eigenvalue weighted by atomic mass is 10.0. The van der Waals surface area contributed by atoms with Crippen LogP contribution >= 0.6 is 23.3 Å². The Morgan fingerprint density at radius 3 is 2.64 bits per heavy atom. The standard InChI is InChI=1S/C27H31N7O7S2.HI/c1-34(2)12-11-18(41-34)10-7-16-14-42-25-20(29-23(35)19(31-39-4)22-30-27(28)43-32-22)24(36)33(25)21(16)26(37)40-13-15-5-8-17(38-3)9-6-15;/h5-10,18,20,25H,11-14H2,1-4H3,(H2-,28,29,30,32,35);1H/b10-7+,31-19-;/t18?,20-,25-;/m1./s1. The zero-order valence-electron chi connectivity index (χ0n) is 24.4. The number of anilines is 1. The minimum absolute atomic E-state index is 0. The van der Waals surface area contributed by atoms with Crippen molar-refractivity contribution < 1.29 is 62.2 Å². The summed E-state index contributed by atoms with van der Waals surface area (Å²) in [5, 5.41) is 6.01. The number of β-lactam (4-membered cyclic amide) rings is 1. The number of nitrogen functional groups attached to an aromatic ring is 1. The van der Waals surface area contributed by atoms with Crippen LogP contribution in [0.2, 0.25) is 0 Å². The number of nitrogens with one attached hydrogen (secondary N) is 1. The van der Waals surface area contributed by atoms with Gasteiger partial charge in [0.1, 0.15) is 49.2 Å². The molecule has 2 aromatic rings. The molecule has 0 aliphatic carbocycles. The van der Waals surface area contributed by atoms with Crippen molar-refractivity contribution in [2.75, 3.05) is 46.3 Å². The molecule has 0 saturated carbocycles. The lowest BCUT2D eigenvalue weighted by Crippen LogP contribution is -3.00. The Bertz CT molecular complexity index is 1500. The Morgan fingerprint density at radius 1 is 1.27 bits per heavy atom. The molecular weight excluding hydrogens is 725 g/mol. The van der Waals surface area contributed by atoms with Crippen LogP contribution in [0.5, 0.6) is 5.75 Å². The average molecular weight is 758 g/mol. The van der Waals surface area contributed by atoms with E-state index in [0.717, 1.165) is 30.1 Å². The van der Waals surface area contributed by atoms with Crippen LogP contribution < -0.4 is 39.8 Å². The number of oxime groups is 1. The van der Waals surface area contributed by atoms with Crippen molar-refractivity contribution in [1.29, 1.82) is 0 Å². The third-order valence-electron chi connectivity index (χ3n) is 6.94. The average Bonchev–Trinajstić information content (AvgIpc) is 3.59. The van der Waals surface area contributed by atoms with Crippen molar-refractivity contribution in [1.82, 2.24) is 19.6 Å². The van der Waals surface area contributed by atoms with E-state index in [2.05, 4.69) is 19.8 Å². The lowest BCUT2D eigenvalue weighted by molar-refractivity contribution is -1.06. The first-order chi connectivity index (χ1) is 20.6. The maximum Gasteiger partial charge on any atom is 0.355 e. The molecule has 17 heteroatoms. The van der Waals surface area contributed by atoms with Crippen LogP contribution in [0.3, 0.4) is 0 Å². The van der Waals surface area contributed by atoms with E-state index < -0.39 is 29.2 Å². The third-order valence-corrected chi connectivity index (χ3v) is 8.79. The summed E-state index contributed by atoms with van der Waals surface area (Å²) in [5.41, 5.74) is 6.95. The van der Waals surface area contributed by atoms with Crippen molar-refractivity contribution in [2.45, 2.75) is 30.5 Å². The fraction of sp³-hybridized carbons (Fsp3) is 0.407. The van der Waals surface area contributed by atoms with Gasteiger partial charge in [0.05, 0.1) is 21.2 Å². The summed E-state index contributed by atoms with van der Waals surface area (Å²) < 4.78 is 15.3. The number of allylic oxidation sites excluding steroid dienone is 1. The molecule has 2 fully saturated rings. The van der Waals surface area contributed by atoms with Gasteiger partial charge in [-0.25, -0.2) is 4.79 Å². The number of fused-ring (bicyclic) bond motifs is 1. The number of carbonyl (C=O) groups is 3. The highest BCUT2D eigenvalue weighted by atomic mass is 127. The van der Waals surface area contributed by atoms with Crippen molar-refractivity contribution >= 4 is 51.9 Å². The van der Waals surface area contributed by atoms with E-state index in [0.29, 0.717) is 21.7 Å². The molecule has 1 unspecified atom stereocenters. The molecule has 5 rings (SSSR count). The Morgan fingerprint density at radius 2 is 2.02 bits per heavy atom. The van der Waals surface area contributed by atoms with Gasteiger partial charge in [-0.15, -0.1) is 11.8 Å². The van der Waals surface area contributed by atoms with E-state index in [9.17, 15) is 14.4 Å². The highest BCUT2D eigenvalue weighted by Crippen LogP contribution is 2.41. The highest BCUT2D eigenvalue weighted by molar-refractivity contribution is 8.00. The van der Waals surface area contributed by atoms with E-state index in [4.69, 9.17) is 24.9 Å². The fourth-order valence-electron chi connectivity index (χ4n) is 4.78. The molecule has 4 heterocycles. The number of nitrogens with zero attached hydrogens (tertiary/aromatic N) is 5. The molecule has 2 amide bonds. The zero-order valence-corrected chi connectivity index (χ0v) is 28.2. The second kappa shape index (κ2) is 14.2. The number of rotatable bonds is 10. The second-order valence-corrected chi connectivity index (χ2v) is 12.2. The highest BCUT2D eigenvalue weighted by Gasteiger charge is 2.54. The summed E-state index contributed by atoms with van der Waals surface area (Å²) in [6.45, 7) is 0.854. The normalized spacial score (nSPS) is 22.6. The Kier molecular flexibility index (Phi) is 10.9. The number of esters is 1. The summed E-state index contributed by atoms with van der Waals surface area (Å²) in [6, 6.07) is 6.20. The fourth-order valence-corrected chi connectivity index (χ4v) is 6.53. The number of benzene rings is 1. The first-order valence-electron chi connectivity index (χ1n) is 13.3. The number of methoxy groups -OCH3 is 1. The molecule has 3 aliphatic heterocycles. The van der Waals surface area contributed by atoms with Crippen LogP contribution in [0.25, 0.3) is 0 Å². The Balaban J connectivity index is 0.00000442. The maximum absolute atomic E-state index is 13.5. The van der Waals surface area contributed by atoms with Crippen molar-refractivity contribution in [3.8, 4) is 5.75 Å². The number of hydrogen-bond acceptors (Lipinski definition) is 13. The molecule has 1 aromatic carbocycles. The predicted molar refractivity (Wildman–Crippen MR) is 158 cm³/mol. The topological polar surface area (TPSA) is 168 Å². The van der Waals surface area contributed by atoms with E-state index in [-0.39, 0.29) is 59.1 Å². The van der Waals surface area contributed by atoms with Gasteiger partial charge >= 0.3 is 5.97 Å². The van der Waals surface area contributed by atoms with E-state index in [1.807, 2.05) is 26.2 Å². The predicted octanol–water partition coefficient (Wildman–Crippen LogP) is -1.78. The molecule has 2 saturated heterocycles. The van der Waals surface area contributed by atoms with Gasteiger partial charge in [-0.1, -0.05) is 23.4 Å². The number of hydrogen-bond donors (Lipinski definition) is 2. The summed E-state index contributed by atoms with van der Waals surface area (Å²) in [6.07, 6.45) is 4.42. The van der Waals surface area contributed by atoms with Gasteiger partial charge in [0.2, 0.25) is 11.5 Å². The molecule has 44 heavy (non-hydrogen) atoms. The second-order valence-electron chi connectivity index (χ2n) is 10.3. The van der Waals surface area contributed by atoms with Crippen LogP contribution in [0, 0.1) is 0 Å². The number of carbonyl (C=O) groups excluding carboxylic acids is 3. The van der Waals surface area contributed by atoms with Gasteiger partial charge in [0.15, 0.2) is 5.13 Å². The quantitative estimate of drug-likeness (QED) is 0.0703. The van der Waals surface area contributed by atoms with Crippen LogP contribution in [0.15, 0.2) is 52.8 Å². The number of hydroxylamine groups is 3. The molecule has 3 atom stereocenters. The number of amides is 2. The maximum atomic E-state index is 13.5. The molecule has 3 N–H and O–H groups in total. The van der Waals surface area contributed by atoms with Gasteiger partial charge in [0.25, 0.3) is 11.8 Å². The monoisotopic (exact) mass is 757 g/mol. The first-order valence-corrected chi connectivity index (χ1v) is 15.1. The minimum atomic E-state index is -0.929. The summed E-state index contributed by atoms with van der Waals surface area (Å²) in [7, 11) is 6.80. The number of thioether (sulfide) groups is 1. The number of quaternary nitrogens is 1. The van der Waals surface area contributed by atoms with Crippen LogP contribution in [-0.2, 0) is 35.4 Å². The number of ether oxygens (including phenoxy) is 2. The third kappa shape index (κ3) is 7.33.